The third-order valence-electron chi connectivity index (χ3n) is 2.82. The topological polar surface area (TPSA) is 85.7 Å². The molecule has 1 heterocycles. The van der Waals surface area contributed by atoms with Crippen molar-refractivity contribution in [1.82, 2.24) is 9.88 Å². The molecule has 0 saturated carbocycles. The molecule has 1 amide bonds. The van der Waals surface area contributed by atoms with Crippen LogP contribution in [0.1, 0.15) is 10.4 Å². The lowest BCUT2D eigenvalue weighted by Gasteiger charge is -2.21. The Hall–Kier alpha value is -1.96. The first-order valence-corrected chi connectivity index (χ1v) is 7.40. The van der Waals surface area contributed by atoms with Gasteiger partial charge in [0.2, 0.25) is 0 Å². The molecule has 21 heavy (non-hydrogen) atoms. The van der Waals surface area contributed by atoms with Crippen molar-refractivity contribution in [3.8, 4) is 0 Å². The number of thiazole rings is 1. The lowest BCUT2D eigenvalue weighted by molar-refractivity contribution is 0.0685. The molecule has 0 spiro atoms. The van der Waals surface area contributed by atoms with Crippen molar-refractivity contribution in [2.75, 3.05) is 31.6 Å². The molecule has 0 unspecified atom stereocenters. The van der Waals surface area contributed by atoms with Crippen LogP contribution in [0, 0.1) is 0 Å². The van der Waals surface area contributed by atoms with Gasteiger partial charge in [0, 0.05) is 35.9 Å². The Balaban J connectivity index is 2.13. The monoisotopic (exact) mass is 307 g/mol. The van der Waals surface area contributed by atoms with Crippen LogP contribution in [0.4, 0.5) is 10.8 Å². The highest BCUT2D eigenvalue weighted by molar-refractivity contribution is 7.13. The highest BCUT2D eigenvalue weighted by atomic mass is 32.1. The van der Waals surface area contributed by atoms with E-state index in [0.717, 1.165) is 10.8 Å². The normalized spacial score (nSPS) is 10.4. The molecule has 0 aliphatic rings. The average molecular weight is 307 g/mol. The van der Waals surface area contributed by atoms with Gasteiger partial charge >= 0.3 is 0 Å². The number of carbonyl (C=O) groups is 1. The van der Waals surface area contributed by atoms with E-state index >= 15 is 0 Å². The summed E-state index contributed by atoms with van der Waals surface area (Å²) in [5.41, 5.74) is 1.27. The fourth-order valence-electron chi connectivity index (χ4n) is 1.88. The molecule has 0 aliphatic carbocycles. The number of benzene rings is 1. The summed E-state index contributed by atoms with van der Waals surface area (Å²) in [5.74, 6) is -0.221. The second-order valence-electron chi connectivity index (χ2n) is 4.28. The van der Waals surface area contributed by atoms with Crippen LogP contribution in [0.3, 0.4) is 0 Å². The number of rotatable bonds is 7. The van der Waals surface area contributed by atoms with Gasteiger partial charge in [-0.2, -0.15) is 0 Å². The van der Waals surface area contributed by atoms with Crippen molar-refractivity contribution in [2.24, 2.45) is 0 Å². The van der Waals surface area contributed by atoms with Gasteiger partial charge in [0.1, 0.15) is 0 Å². The number of nitrogens with zero attached hydrogens (tertiary/aromatic N) is 2. The predicted octanol–water partition coefficient (Wildman–Crippen LogP) is 1.31. The third-order valence-corrected chi connectivity index (χ3v) is 3.51. The van der Waals surface area contributed by atoms with Crippen LogP contribution in [0.2, 0.25) is 0 Å². The van der Waals surface area contributed by atoms with E-state index in [1.807, 2.05) is 11.4 Å². The summed E-state index contributed by atoms with van der Waals surface area (Å²) in [6, 6.07) is 7.06. The third kappa shape index (κ3) is 4.25. The van der Waals surface area contributed by atoms with Crippen molar-refractivity contribution >= 4 is 28.1 Å². The summed E-state index contributed by atoms with van der Waals surface area (Å²) in [7, 11) is 0. The zero-order chi connectivity index (χ0) is 15.1. The molecule has 2 aromatic rings. The molecule has 0 atom stereocenters. The predicted molar refractivity (Wildman–Crippen MR) is 81.9 cm³/mol. The first-order valence-electron chi connectivity index (χ1n) is 6.52. The molecule has 0 fully saturated rings. The number of aliphatic hydroxyl groups excluding tert-OH is 2. The van der Waals surface area contributed by atoms with Gasteiger partial charge in [-0.05, 0) is 18.2 Å². The Morgan fingerprint density at radius 3 is 2.67 bits per heavy atom. The van der Waals surface area contributed by atoms with E-state index in [-0.39, 0.29) is 32.2 Å². The maximum absolute atomic E-state index is 12.3. The lowest BCUT2D eigenvalue weighted by Crippen LogP contribution is -2.35. The summed E-state index contributed by atoms with van der Waals surface area (Å²) in [4.78, 5) is 17.9. The van der Waals surface area contributed by atoms with E-state index < -0.39 is 0 Å². The molecule has 7 heteroatoms. The Bertz CT molecular complexity index is 569. The summed E-state index contributed by atoms with van der Waals surface area (Å²) in [6.45, 7) is 0.124. The Morgan fingerprint density at radius 2 is 2.05 bits per heavy atom. The minimum Gasteiger partial charge on any atom is -0.395 e. The number of aliphatic hydroxyl groups is 2. The van der Waals surface area contributed by atoms with Gasteiger partial charge < -0.3 is 20.4 Å². The number of nitrogens with one attached hydrogen (secondary N) is 1. The molecule has 112 valence electrons. The molecule has 1 aromatic carbocycles. The molecule has 0 aliphatic heterocycles. The van der Waals surface area contributed by atoms with Crippen LogP contribution in [-0.2, 0) is 0 Å². The summed E-state index contributed by atoms with van der Waals surface area (Å²) >= 11 is 1.47. The van der Waals surface area contributed by atoms with Crippen LogP contribution in [0.25, 0.3) is 0 Å². The molecule has 0 saturated heterocycles. The van der Waals surface area contributed by atoms with Crippen molar-refractivity contribution in [3.05, 3.63) is 41.4 Å². The largest absolute Gasteiger partial charge is 0.395 e. The zero-order valence-electron chi connectivity index (χ0n) is 11.4. The second kappa shape index (κ2) is 7.72. The quantitative estimate of drug-likeness (QED) is 0.718. The number of aromatic nitrogens is 1. The number of carbonyl (C=O) groups excluding carboxylic acids is 1. The Labute approximate surface area is 126 Å². The highest BCUT2D eigenvalue weighted by Crippen LogP contribution is 2.20. The van der Waals surface area contributed by atoms with Gasteiger partial charge in [0.15, 0.2) is 5.13 Å². The zero-order valence-corrected chi connectivity index (χ0v) is 12.2. The van der Waals surface area contributed by atoms with Gasteiger partial charge in [-0.15, -0.1) is 11.3 Å². The van der Waals surface area contributed by atoms with Crippen LogP contribution in [-0.4, -0.2) is 52.3 Å². The molecule has 0 radical (unpaired) electrons. The van der Waals surface area contributed by atoms with Crippen molar-refractivity contribution in [1.29, 1.82) is 0 Å². The minimum atomic E-state index is -0.221. The van der Waals surface area contributed by atoms with Crippen molar-refractivity contribution in [2.45, 2.75) is 0 Å². The van der Waals surface area contributed by atoms with Gasteiger partial charge in [-0.25, -0.2) is 4.98 Å². The van der Waals surface area contributed by atoms with Gasteiger partial charge in [-0.3, -0.25) is 4.79 Å². The molecule has 3 N–H and O–H groups in total. The van der Waals surface area contributed by atoms with E-state index in [2.05, 4.69) is 10.3 Å². The van der Waals surface area contributed by atoms with Crippen LogP contribution >= 0.6 is 11.3 Å². The van der Waals surface area contributed by atoms with Crippen LogP contribution in [0.5, 0.6) is 0 Å². The fraction of sp³-hybridized carbons (Fsp3) is 0.286. The Morgan fingerprint density at radius 1 is 1.29 bits per heavy atom. The molecular formula is C14H17N3O3S. The summed E-state index contributed by atoms with van der Waals surface area (Å²) in [5, 5.41) is 23.7. The summed E-state index contributed by atoms with van der Waals surface area (Å²) < 4.78 is 0. The number of anilines is 2. The minimum absolute atomic E-state index is 0.136. The van der Waals surface area contributed by atoms with E-state index in [0.29, 0.717) is 5.56 Å². The van der Waals surface area contributed by atoms with Gasteiger partial charge in [0.05, 0.1) is 13.2 Å². The first-order chi connectivity index (χ1) is 10.2. The molecular weight excluding hydrogens is 290 g/mol. The Kier molecular flexibility index (Phi) is 5.68. The van der Waals surface area contributed by atoms with Crippen molar-refractivity contribution < 1.29 is 15.0 Å². The van der Waals surface area contributed by atoms with E-state index in [9.17, 15) is 4.79 Å². The summed E-state index contributed by atoms with van der Waals surface area (Å²) in [6.07, 6.45) is 1.70. The molecule has 2 rings (SSSR count). The second-order valence-corrected chi connectivity index (χ2v) is 5.18. The smallest absolute Gasteiger partial charge is 0.254 e. The average Bonchev–Trinajstić information content (AvgIpc) is 2.99. The SMILES string of the molecule is O=C(c1cccc(Nc2nccs2)c1)N(CCO)CCO. The first kappa shape index (κ1) is 15.4. The standard InChI is InChI=1S/C14H17N3O3S/c18-7-5-17(6-8-19)13(20)11-2-1-3-12(10-11)16-14-15-4-9-21-14/h1-4,9-10,18-19H,5-8H2,(H,15,16). The van der Waals surface area contributed by atoms with Crippen LogP contribution < -0.4 is 5.32 Å². The van der Waals surface area contributed by atoms with Crippen molar-refractivity contribution in [3.63, 3.8) is 0 Å². The number of hydrogen-bond acceptors (Lipinski definition) is 6. The lowest BCUT2D eigenvalue weighted by atomic mass is 10.1. The molecule has 0 bridgehead atoms. The van der Waals surface area contributed by atoms with E-state index in [4.69, 9.17) is 10.2 Å². The van der Waals surface area contributed by atoms with Gasteiger partial charge in [-0.1, -0.05) is 6.07 Å². The van der Waals surface area contributed by atoms with Crippen LogP contribution in [0.15, 0.2) is 35.8 Å². The molecule has 1 aromatic heterocycles. The molecule has 6 nitrogen and oxygen atoms in total. The van der Waals surface area contributed by atoms with Gasteiger partial charge in [0.25, 0.3) is 5.91 Å². The maximum Gasteiger partial charge on any atom is 0.254 e. The fourth-order valence-corrected chi connectivity index (χ4v) is 2.43. The number of hydrogen-bond donors (Lipinski definition) is 3. The van der Waals surface area contributed by atoms with E-state index in [1.165, 1.54) is 16.2 Å². The number of amides is 1. The van der Waals surface area contributed by atoms with E-state index in [1.54, 1.807) is 24.4 Å². The highest BCUT2D eigenvalue weighted by Gasteiger charge is 2.15. The maximum atomic E-state index is 12.3.